The number of aromatic nitrogens is 2. The van der Waals surface area contributed by atoms with Crippen LogP contribution in [0.15, 0.2) is 40.9 Å². The number of hydrogen-bond acceptors (Lipinski definition) is 8. The predicted molar refractivity (Wildman–Crippen MR) is 123 cm³/mol. The maximum atomic E-state index is 13.1. The van der Waals surface area contributed by atoms with Gasteiger partial charge in [-0.2, -0.15) is 5.10 Å². The van der Waals surface area contributed by atoms with Gasteiger partial charge in [-0.3, -0.25) is 24.4 Å². The summed E-state index contributed by atoms with van der Waals surface area (Å²) in [7, 11) is 0. The smallest absolute Gasteiger partial charge is 0.291 e. The molecule has 0 radical (unpaired) electrons. The van der Waals surface area contributed by atoms with Crippen molar-refractivity contribution in [3.63, 3.8) is 0 Å². The van der Waals surface area contributed by atoms with Crippen LogP contribution >= 0.6 is 0 Å². The zero-order valence-electron chi connectivity index (χ0n) is 19.4. The van der Waals surface area contributed by atoms with Crippen molar-refractivity contribution < 1.29 is 28.4 Å². The van der Waals surface area contributed by atoms with E-state index in [0.29, 0.717) is 61.3 Å². The highest BCUT2D eigenvalue weighted by molar-refractivity contribution is 6.07. The number of benzene rings is 1. The third-order valence-electron chi connectivity index (χ3n) is 5.52. The molecule has 1 fully saturated rings. The van der Waals surface area contributed by atoms with Gasteiger partial charge >= 0.3 is 0 Å². The molecule has 0 spiro atoms. The minimum atomic E-state index is -0.533. The SMILES string of the molecule is CCn1ncc(NC(=O)c2ccc(COc3ccc([N+](=O)[O-])c(C)c3)o2)c1C(=O)N1CCOCC1. The molecule has 184 valence electrons. The first kappa shape index (κ1) is 24.0. The summed E-state index contributed by atoms with van der Waals surface area (Å²) in [6, 6.07) is 7.54. The Morgan fingerprint density at radius 2 is 2.00 bits per heavy atom. The summed E-state index contributed by atoms with van der Waals surface area (Å²) >= 11 is 0. The number of rotatable bonds is 8. The largest absolute Gasteiger partial charge is 0.486 e. The van der Waals surface area contributed by atoms with Crippen molar-refractivity contribution in [3.8, 4) is 5.75 Å². The van der Waals surface area contributed by atoms with Crippen LogP contribution in [0.5, 0.6) is 5.75 Å². The second-order valence-corrected chi connectivity index (χ2v) is 7.84. The Bertz CT molecular complexity index is 1240. The van der Waals surface area contributed by atoms with Gasteiger partial charge in [0.15, 0.2) is 5.76 Å². The monoisotopic (exact) mass is 483 g/mol. The summed E-state index contributed by atoms with van der Waals surface area (Å²) in [6.07, 6.45) is 1.44. The molecule has 0 bridgehead atoms. The van der Waals surface area contributed by atoms with Crippen molar-refractivity contribution in [1.82, 2.24) is 14.7 Å². The molecular weight excluding hydrogens is 458 g/mol. The van der Waals surface area contributed by atoms with E-state index in [1.54, 1.807) is 28.6 Å². The van der Waals surface area contributed by atoms with Gasteiger partial charge in [-0.15, -0.1) is 0 Å². The van der Waals surface area contributed by atoms with Crippen LogP contribution in [0, 0.1) is 17.0 Å². The zero-order chi connectivity index (χ0) is 24.9. The van der Waals surface area contributed by atoms with Gasteiger partial charge in [0.05, 0.1) is 30.0 Å². The van der Waals surface area contributed by atoms with E-state index < -0.39 is 10.8 Å². The summed E-state index contributed by atoms with van der Waals surface area (Å²) in [5, 5.41) is 17.9. The Kier molecular flexibility index (Phi) is 7.11. The van der Waals surface area contributed by atoms with Gasteiger partial charge in [-0.05, 0) is 38.1 Å². The molecule has 0 atom stereocenters. The van der Waals surface area contributed by atoms with E-state index in [1.807, 2.05) is 6.92 Å². The number of carbonyl (C=O) groups is 2. The Hall–Kier alpha value is -4.19. The average molecular weight is 483 g/mol. The first-order valence-corrected chi connectivity index (χ1v) is 11.1. The number of furan rings is 1. The molecule has 35 heavy (non-hydrogen) atoms. The van der Waals surface area contributed by atoms with Crippen molar-refractivity contribution >= 4 is 23.2 Å². The average Bonchev–Trinajstić information content (AvgIpc) is 3.49. The number of hydrogen-bond donors (Lipinski definition) is 1. The fourth-order valence-electron chi connectivity index (χ4n) is 3.70. The van der Waals surface area contributed by atoms with Crippen LogP contribution in [0.25, 0.3) is 0 Å². The van der Waals surface area contributed by atoms with E-state index in [-0.39, 0.29) is 24.0 Å². The second-order valence-electron chi connectivity index (χ2n) is 7.84. The number of nitro groups is 1. The molecule has 0 aliphatic carbocycles. The van der Waals surface area contributed by atoms with Crippen LogP contribution in [0.1, 0.15) is 39.3 Å². The Morgan fingerprint density at radius 1 is 1.23 bits per heavy atom. The van der Waals surface area contributed by atoms with Crippen molar-refractivity contribution in [2.75, 3.05) is 31.6 Å². The molecule has 12 nitrogen and oxygen atoms in total. The van der Waals surface area contributed by atoms with Crippen molar-refractivity contribution in [2.24, 2.45) is 0 Å². The van der Waals surface area contributed by atoms with Crippen molar-refractivity contribution in [1.29, 1.82) is 0 Å². The van der Waals surface area contributed by atoms with Crippen molar-refractivity contribution in [3.05, 3.63) is 69.4 Å². The summed E-state index contributed by atoms with van der Waals surface area (Å²) in [5.74, 6) is 0.107. The summed E-state index contributed by atoms with van der Waals surface area (Å²) in [5.41, 5.74) is 1.07. The molecule has 2 aromatic heterocycles. The van der Waals surface area contributed by atoms with Gasteiger partial charge in [-0.25, -0.2) is 0 Å². The lowest BCUT2D eigenvalue weighted by atomic mass is 10.2. The Balaban J connectivity index is 1.42. The summed E-state index contributed by atoms with van der Waals surface area (Å²) in [4.78, 5) is 38.0. The fraction of sp³-hybridized carbons (Fsp3) is 0.348. The van der Waals surface area contributed by atoms with E-state index in [0.717, 1.165) is 0 Å². The number of anilines is 1. The van der Waals surface area contributed by atoms with E-state index in [2.05, 4.69) is 10.4 Å². The third-order valence-corrected chi connectivity index (χ3v) is 5.52. The highest BCUT2D eigenvalue weighted by Gasteiger charge is 2.26. The molecule has 1 saturated heterocycles. The molecule has 1 aliphatic rings. The van der Waals surface area contributed by atoms with Crippen LogP contribution in [0.2, 0.25) is 0 Å². The van der Waals surface area contributed by atoms with Crippen LogP contribution in [-0.4, -0.2) is 57.7 Å². The van der Waals surface area contributed by atoms with E-state index in [9.17, 15) is 19.7 Å². The standard InChI is InChI=1S/C23H25N5O7/c1-3-27-21(23(30)26-8-10-33-11-9-26)18(13-24-27)25-22(29)20-7-5-17(35-20)14-34-16-4-6-19(28(31)32)15(2)12-16/h4-7,12-13H,3,8-11,14H2,1-2H3,(H,25,29). The lowest BCUT2D eigenvalue weighted by molar-refractivity contribution is -0.385. The lowest BCUT2D eigenvalue weighted by Gasteiger charge is -2.27. The number of amides is 2. The number of ether oxygens (including phenoxy) is 2. The molecule has 1 aromatic carbocycles. The van der Waals surface area contributed by atoms with Gasteiger partial charge in [0, 0.05) is 31.3 Å². The molecule has 3 aromatic rings. The van der Waals surface area contributed by atoms with E-state index in [1.165, 1.54) is 24.4 Å². The molecule has 4 rings (SSSR count). The molecule has 0 unspecified atom stereocenters. The molecule has 3 heterocycles. The minimum Gasteiger partial charge on any atom is -0.486 e. The third kappa shape index (κ3) is 5.32. The molecule has 12 heteroatoms. The first-order chi connectivity index (χ1) is 16.9. The molecular formula is C23H25N5O7. The molecule has 1 aliphatic heterocycles. The van der Waals surface area contributed by atoms with Crippen LogP contribution in [0.3, 0.4) is 0 Å². The molecule has 0 saturated carbocycles. The minimum absolute atomic E-state index is 0.00664. The predicted octanol–water partition coefficient (Wildman–Crippen LogP) is 3.02. The Morgan fingerprint density at radius 3 is 2.69 bits per heavy atom. The number of carbonyl (C=O) groups excluding carboxylic acids is 2. The maximum absolute atomic E-state index is 13.1. The van der Waals surface area contributed by atoms with Gasteiger partial charge in [0.1, 0.15) is 23.8 Å². The van der Waals surface area contributed by atoms with Crippen LogP contribution < -0.4 is 10.1 Å². The van der Waals surface area contributed by atoms with E-state index >= 15 is 0 Å². The molecule has 1 N–H and O–H groups in total. The topological polar surface area (TPSA) is 142 Å². The van der Waals surface area contributed by atoms with Gasteiger partial charge in [-0.1, -0.05) is 0 Å². The first-order valence-electron chi connectivity index (χ1n) is 11.1. The fourth-order valence-corrected chi connectivity index (χ4v) is 3.70. The van der Waals surface area contributed by atoms with Gasteiger partial charge in [0.25, 0.3) is 17.5 Å². The zero-order valence-corrected chi connectivity index (χ0v) is 19.4. The Labute approximate surface area is 200 Å². The summed E-state index contributed by atoms with van der Waals surface area (Å²) < 4.78 is 18.1. The normalized spacial score (nSPS) is 13.5. The van der Waals surface area contributed by atoms with Crippen molar-refractivity contribution in [2.45, 2.75) is 27.0 Å². The van der Waals surface area contributed by atoms with Gasteiger partial charge in [0.2, 0.25) is 0 Å². The number of nitrogens with zero attached hydrogens (tertiary/aromatic N) is 4. The summed E-state index contributed by atoms with van der Waals surface area (Å²) in [6.45, 7) is 5.84. The highest BCUT2D eigenvalue weighted by Crippen LogP contribution is 2.24. The van der Waals surface area contributed by atoms with Crippen LogP contribution in [0.4, 0.5) is 11.4 Å². The number of nitro benzene ring substituents is 1. The number of morpholine rings is 1. The van der Waals surface area contributed by atoms with Gasteiger partial charge < -0.3 is 24.1 Å². The lowest BCUT2D eigenvalue weighted by Crippen LogP contribution is -2.41. The van der Waals surface area contributed by atoms with E-state index in [4.69, 9.17) is 13.9 Å². The maximum Gasteiger partial charge on any atom is 0.291 e. The number of nitrogens with one attached hydrogen (secondary N) is 1. The van der Waals surface area contributed by atoms with Crippen LogP contribution in [-0.2, 0) is 17.9 Å². The number of aryl methyl sites for hydroxylation is 2. The second kappa shape index (κ2) is 10.4. The quantitative estimate of drug-likeness (QED) is 0.381. The highest BCUT2D eigenvalue weighted by atomic mass is 16.6. The molecule has 2 amide bonds.